The van der Waals surface area contributed by atoms with Gasteiger partial charge in [0.25, 0.3) is 0 Å². The van der Waals surface area contributed by atoms with Crippen LogP contribution in [-0.4, -0.2) is 24.4 Å². The van der Waals surface area contributed by atoms with Crippen LogP contribution in [0.4, 0.5) is 22.7 Å². The molecule has 0 aliphatic rings. The highest BCUT2D eigenvalue weighted by molar-refractivity contribution is 5.86. The highest BCUT2D eigenvalue weighted by Gasteiger charge is 2.05. The van der Waals surface area contributed by atoms with Gasteiger partial charge in [0.2, 0.25) is 0 Å². The van der Waals surface area contributed by atoms with Gasteiger partial charge >= 0.3 is 0 Å². The van der Waals surface area contributed by atoms with Crippen LogP contribution >= 0.6 is 0 Å². The minimum absolute atomic E-state index is 0.224. The SMILES string of the molecule is CCN(CC)c1ccc(C=Nc2ccc(N=Nc3ccccc3)cc2)c(O)c1. The summed E-state index contributed by atoms with van der Waals surface area (Å²) in [6, 6.07) is 22.7. The largest absolute Gasteiger partial charge is 0.507 e. The van der Waals surface area contributed by atoms with E-state index in [-0.39, 0.29) is 5.75 Å². The first-order chi connectivity index (χ1) is 13.7. The van der Waals surface area contributed by atoms with Crippen molar-refractivity contribution in [3.05, 3.63) is 78.4 Å². The van der Waals surface area contributed by atoms with E-state index in [0.29, 0.717) is 5.56 Å². The number of aliphatic imine (C=N–C) groups is 1. The van der Waals surface area contributed by atoms with Crippen molar-refractivity contribution in [1.29, 1.82) is 0 Å². The molecular formula is C23H24N4O. The van der Waals surface area contributed by atoms with Gasteiger partial charge in [0.1, 0.15) is 5.75 Å². The van der Waals surface area contributed by atoms with E-state index in [0.717, 1.165) is 35.8 Å². The summed E-state index contributed by atoms with van der Waals surface area (Å²) in [4.78, 5) is 6.62. The van der Waals surface area contributed by atoms with Crippen LogP contribution in [0.5, 0.6) is 5.75 Å². The maximum absolute atomic E-state index is 10.3. The van der Waals surface area contributed by atoms with Crippen molar-refractivity contribution in [1.82, 2.24) is 0 Å². The standard InChI is InChI=1S/C23H24N4O/c1-3-27(4-2)22-15-10-18(23(28)16-22)17-24-19-11-13-21(14-12-19)26-25-20-8-6-5-7-9-20/h5-17,28H,3-4H2,1-2H3. The number of benzene rings is 3. The van der Waals surface area contributed by atoms with Crippen LogP contribution < -0.4 is 4.90 Å². The summed E-state index contributed by atoms with van der Waals surface area (Å²) < 4.78 is 0. The van der Waals surface area contributed by atoms with Crippen LogP contribution in [0.15, 0.2) is 88.0 Å². The topological polar surface area (TPSA) is 60.5 Å². The second kappa shape index (κ2) is 9.46. The van der Waals surface area contributed by atoms with Crippen LogP contribution in [0.3, 0.4) is 0 Å². The fourth-order valence-electron chi connectivity index (χ4n) is 2.79. The highest BCUT2D eigenvalue weighted by atomic mass is 16.3. The zero-order valence-corrected chi connectivity index (χ0v) is 16.2. The van der Waals surface area contributed by atoms with Crippen molar-refractivity contribution in [3.8, 4) is 5.75 Å². The van der Waals surface area contributed by atoms with Crippen molar-refractivity contribution in [2.45, 2.75) is 13.8 Å². The third-order valence-electron chi connectivity index (χ3n) is 4.38. The van der Waals surface area contributed by atoms with E-state index >= 15 is 0 Å². The van der Waals surface area contributed by atoms with Gasteiger partial charge in [0, 0.05) is 36.6 Å². The minimum Gasteiger partial charge on any atom is -0.507 e. The van der Waals surface area contributed by atoms with Gasteiger partial charge in [-0.1, -0.05) is 18.2 Å². The molecule has 3 rings (SSSR count). The van der Waals surface area contributed by atoms with Gasteiger partial charge < -0.3 is 10.0 Å². The summed E-state index contributed by atoms with van der Waals surface area (Å²) in [5, 5.41) is 18.7. The van der Waals surface area contributed by atoms with E-state index in [1.165, 1.54) is 0 Å². The molecule has 0 aliphatic heterocycles. The van der Waals surface area contributed by atoms with Crippen molar-refractivity contribution in [2.24, 2.45) is 15.2 Å². The van der Waals surface area contributed by atoms with E-state index < -0.39 is 0 Å². The first-order valence-corrected chi connectivity index (χ1v) is 9.38. The summed E-state index contributed by atoms with van der Waals surface area (Å²) in [6.07, 6.45) is 1.67. The average Bonchev–Trinajstić information content (AvgIpc) is 2.74. The second-order valence-electron chi connectivity index (χ2n) is 6.23. The molecule has 5 heteroatoms. The Morgan fingerprint density at radius 1 is 0.786 bits per heavy atom. The molecule has 28 heavy (non-hydrogen) atoms. The molecule has 1 N–H and O–H groups in total. The number of phenolic OH excluding ortho intramolecular Hbond substituents is 1. The summed E-state index contributed by atoms with van der Waals surface area (Å²) in [7, 11) is 0. The molecule has 0 saturated heterocycles. The van der Waals surface area contributed by atoms with Crippen molar-refractivity contribution < 1.29 is 5.11 Å². The number of phenols is 1. The number of hydrogen-bond acceptors (Lipinski definition) is 5. The molecule has 5 nitrogen and oxygen atoms in total. The van der Waals surface area contributed by atoms with Crippen LogP contribution in [0.25, 0.3) is 0 Å². The number of aromatic hydroxyl groups is 1. The van der Waals surface area contributed by atoms with Gasteiger partial charge in [0.05, 0.1) is 17.1 Å². The summed E-state index contributed by atoms with van der Waals surface area (Å²) >= 11 is 0. The number of nitrogens with zero attached hydrogens (tertiary/aromatic N) is 4. The molecule has 3 aromatic rings. The lowest BCUT2D eigenvalue weighted by Crippen LogP contribution is -2.21. The first-order valence-electron chi connectivity index (χ1n) is 9.38. The number of anilines is 1. The summed E-state index contributed by atoms with van der Waals surface area (Å²) in [5.41, 5.74) is 4.05. The number of rotatable bonds is 7. The van der Waals surface area contributed by atoms with Crippen LogP contribution in [0, 0.1) is 0 Å². The van der Waals surface area contributed by atoms with E-state index in [1.54, 1.807) is 12.3 Å². The summed E-state index contributed by atoms with van der Waals surface area (Å²) in [5.74, 6) is 0.224. The maximum atomic E-state index is 10.3. The maximum Gasteiger partial charge on any atom is 0.126 e. The lowest BCUT2D eigenvalue weighted by Gasteiger charge is -2.21. The Morgan fingerprint density at radius 2 is 1.39 bits per heavy atom. The molecule has 0 radical (unpaired) electrons. The van der Waals surface area contributed by atoms with E-state index in [4.69, 9.17) is 0 Å². The van der Waals surface area contributed by atoms with Crippen molar-refractivity contribution >= 4 is 29.0 Å². The van der Waals surface area contributed by atoms with E-state index in [2.05, 4.69) is 34.0 Å². The molecular weight excluding hydrogens is 348 g/mol. The van der Waals surface area contributed by atoms with Gasteiger partial charge in [-0.3, -0.25) is 4.99 Å². The molecule has 0 aliphatic carbocycles. The predicted molar refractivity (Wildman–Crippen MR) is 116 cm³/mol. The fourth-order valence-corrected chi connectivity index (χ4v) is 2.79. The fraction of sp³-hybridized carbons (Fsp3) is 0.174. The zero-order chi connectivity index (χ0) is 19.8. The molecule has 0 atom stereocenters. The first kappa shape index (κ1) is 19.3. The van der Waals surface area contributed by atoms with Gasteiger partial charge in [-0.2, -0.15) is 10.2 Å². The Morgan fingerprint density at radius 3 is 2.00 bits per heavy atom. The molecule has 0 bridgehead atoms. The average molecular weight is 372 g/mol. The molecule has 0 heterocycles. The molecule has 0 fully saturated rings. The lowest BCUT2D eigenvalue weighted by molar-refractivity contribution is 0.474. The van der Waals surface area contributed by atoms with E-state index in [9.17, 15) is 5.11 Å². The van der Waals surface area contributed by atoms with Crippen molar-refractivity contribution in [2.75, 3.05) is 18.0 Å². The van der Waals surface area contributed by atoms with E-state index in [1.807, 2.05) is 66.7 Å². The predicted octanol–water partition coefficient (Wildman–Crippen LogP) is 6.40. The minimum atomic E-state index is 0.224. The monoisotopic (exact) mass is 372 g/mol. The quantitative estimate of drug-likeness (QED) is 0.385. The van der Waals surface area contributed by atoms with Gasteiger partial charge in [-0.15, -0.1) is 0 Å². The van der Waals surface area contributed by atoms with Gasteiger partial charge in [-0.25, -0.2) is 0 Å². The molecule has 0 saturated carbocycles. The number of azo groups is 1. The summed E-state index contributed by atoms with van der Waals surface area (Å²) in [6.45, 7) is 5.99. The highest BCUT2D eigenvalue weighted by Crippen LogP contribution is 2.25. The normalized spacial score (nSPS) is 11.4. The number of hydrogen-bond donors (Lipinski definition) is 1. The van der Waals surface area contributed by atoms with Gasteiger partial charge in [-0.05, 0) is 62.4 Å². The Hall–Kier alpha value is -3.47. The van der Waals surface area contributed by atoms with Crippen LogP contribution in [-0.2, 0) is 0 Å². The second-order valence-corrected chi connectivity index (χ2v) is 6.23. The molecule has 0 amide bonds. The Kier molecular flexibility index (Phi) is 6.52. The molecule has 3 aromatic carbocycles. The Bertz CT molecular complexity index is 946. The van der Waals surface area contributed by atoms with Crippen LogP contribution in [0.1, 0.15) is 19.4 Å². The van der Waals surface area contributed by atoms with Crippen LogP contribution in [0.2, 0.25) is 0 Å². The third kappa shape index (κ3) is 5.04. The smallest absolute Gasteiger partial charge is 0.126 e. The third-order valence-corrected chi connectivity index (χ3v) is 4.38. The molecule has 0 spiro atoms. The molecule has 142 valence electrons. The lowest BCUT2D eigenvalue weighted by atomic mass is 10.2. The Labute approximate surface area is 165 Å². The molecule has 0 unspecified atom stereocenters. The zero-order valence-electron chi connectivity index (χ0n) is 16.2. The Balaban J connectivity index is 1.68. The van der Waals surface area contributed by atoms with Crippen molar-refractivity contribution in [3.63, 3.8) is 0 Å². The molecule has 0 aromatic heterocycles. The van der Waals surface area contributed by atoms with Gasteiger partial charge in [0.15, 0.2) is 0 Å².